The second-order valence-corrected chi connectivity index (χ2v) is 3.82. The zero-order valence-corrected chi connectivity index (χ0v) is 9.07. The number of nitrogens with one attached hydrogen (secondary N) is 2. The monoisotopic (exact) mass is 218 g/mol. The van der Waals surface area contributed by atoms with E-state index in [1.54, 1.807) is 0 Å². The molecular formula is C12H14N2O2. The Labute approximate surface area is 94.0 Å². The van der Waals surface area contributed by atoms with Crippen LogP contribution in [0.1, 0.15) is 24.9 Å². The van der Waals surface area contributed by atoms with Crippen molar-refractivity contribution in [2.24, 2.45) is 0 Å². The van der Waals surface area contributed by atoms with E-state index in [9.17, 15) is 9.59 Å². The van der Waals surface area contributed by atoms with Crippen LogP contribution in [0, 0.1) is 0 Å². The third-order valence-corrected chi connectivity index (χ3v) is 2.72. The molecule has 1 aromatic rings. The number of benzene rings is 1. The van der Waals surface area contributed by atoms with Crippen LogP contribution < -0.4 is 10.6 Å². The quantitative estimate of drug-likeness (QED) is 0.769. The van der Waals surface area contributed by atoms with Crippen LogP contribution in [0.15, 0.2) is 30.3 Å². The molecule has 0 spiro atoms. The minimum atomic E-state index is -0.559. The van der Waals surface area contributed by atoms with Gasteiger partial charge in [-0.2, -0.15) is 0 Å². The molecular weight excluding hydrogens is 204 g/mol. The number of carbonyl (C=O) groups excluding carboxylic acids is 2. The van der Waals surface area contributed by atoms with Gasteiger partial charge in [0, 0.05) is 0 Å². The van der Waals surface area contributed by atoms with Gasteiger partial charge in [0.1, 0.15) is 12.1 Å². The van der Waals surface area contributed by atoms with Gasteiger partial charge in [0.15, 0.2) is 0 Å². The van der Waals surface area contributed by atoms with Gasteiger partial charge in [0.25, 0.3) is 0 Å². The average Bonchev–Trinajstić information content (AvgIpc) is 2.32. The average molecular weight is 218 g/mol. The highest BCUT2D eigenvalue weighted by Gasteiger charge is 2.33. The summed E-state index contributed by atoms with van der Waals surface area (Å²) in [6.07, 6.45) is 0.610. The molecule has 84 valence electrons. The Morgan fingerprint density at radius 1 is 1.06 bits per heavy atom. The van der Waals surface area contributed by atoms with Gasteiger partial charge in [0.05, 0.1) is 0 Å². The van der Waals surface area contributed by atoms with E-state index >= 15 is 0 Å². The minimum absolute atomic E-state index is 0.115. The second kappa shape index (κ2) is 4.35. The van der Waals surface area contributed by atoms with Crippen molar-refractivity contribution < 1.29 is 9.59 Å². The second-order valence-electron chi connectivity index (χ2n) is 3.82. The van der Waals surface area contributed by atoms with Crippen LogP contribution in [-0.2, 0) is 9.59 Å². The fraction of sp³-hybridized carbons (Fsp3) is 0.333. The van der Waals surface area contributed by atoms with E-state index < -0.39 is 12.1 Å². The van der Waals surface area contributed by atoms with Crippen LogP contribution in [0.3, 0.4) is 0 Å². The third-order valence-electron chi connectivity index (χ3n) is 2.72. The van der Waals surface area contributed by atoms with Crippen LogP contribution in [0.25, 0.3) is 0 Å². The van der Waals surface area contributed by atoms with E-state index in [0.717, 1.165) is 5.56 Å². The molecule has 0 unspecified atom stereocenters. The van der Waals surface area contributed by atoms with Crippen molar-refractivity contribution in [2.45, 2.75) is 25.4 Å². The lowest BCUT2D eigenvalue weighted by molar-refractivity contribution is -0.137. The van der Waals surface area contributed by atoms with Crippen molar-refractivity contribution in [3.05, 3.63) is 35.9 Å². The van der Waals surface area contributed by atoms with Crippen molar-refractivity contribution in [3.63, 3.8) is 0 Å². The molecule has 0 aliphatic carbocycles. The molecule has 4 heteroatoms. The predicted molar refractivity (Wildman–Crippen MR) is 59.5 cm³/mol. The van der Waals surface area contributed by atoms with Gasteiger partial charge in [0.2, 0.25) is 11.8 Å². The molecule has 1 aromatic carbocycles. The Kier molecular flexibility index (Phi) is 2.90. The van der Waals surface area contributed by atoms with E-state index in [0.29, 0.717) is 6.42 Å². The first kappa shape index (κ1) is 10.7. The van der Waals surface area contributed by atoms with Gasteiger partial charge >= 0.3 is 0 Å². The van der Waals surface area contributed by atoms with Gasteiger partial charge in [-0.15, -0.1) is 0 Å². The van der Waals surface area contributed by atoms with E-state index in [2.05, 4.69) is 10.6 Å². The highest BCUT2D eigenvalue weighted by atomic mass is 16.2. The molecule has 16 heavy (non-hydrogen) atoms. The molecule has 1 aliphatic rings. The summed E-state index contributed by atoms with van der Waals surface area (Å²) in [7, 11) is 0. The normalized spacial score (nSPS) is 24.8. The van der Waals surface area contributed by atoms with E-state index in [1.165, 1.54) is 0 Å². The summed E-state index contributed by atoms with van der Waals surface area (Å²) in [5.41, 5.74) is 0.808. The molecule has 2 amide bonds. The first-order valence-corrected chi connectivity index (χ1v) is 5.38. The van der Waals surface area contributed by atoms with Gasteiger partial charge in [-0.3, -0.25) is 9.59 Å². The number of carbonyl (C=O) groups is 2. The highest BCUT2D eigenvalue weighted by Crippen LogP contribution is 2.16. The Balaban J connectivity index is 2.19. The number of hydrogen-bond donors (Lipinski definition) is 2. The number of hydrogen-bond acceptors (Lipinski definition) is 2. The molecule has 0 saturated carbocycles. The van der Waals surface area contributed by atoms with Gasteiger partial charge in [-0.25, -0.2) is 0 Å². The van der Waals surface area contributed by atoms with Crippen LogP contribution >= 0.6 is 0 Å². The zero-order chi connectivity index (χ0) is 11.5. The molecule has 2 N–H and O–H groups in total. The number of rotatable bonds is 2. The van der Waals surface area contributed by atoms with Gasteiger partial charge in [-0.05, 0) is 12.0 Å². The zero-order valence-electron chi connectivity index (χ0n) is 9.07. The Bertz CT molecular complexity index is 403. The summed E-state index contributed by atoms with van der Waals surface area (Å²) in [6.45, 7) is 1.87. The Morgan fingerprint density at radius 2 is 1.75 bits per heavy atom. The van der Waals surface area contributed by atoms with E-state index in [-0.39, 0.29) is 11.8 Å². The summed E-state index contributed by atoms with van der Waals surface area (Å²) in [6, 6.07) is 8.28. The molecule has 2 atom stereocenters. The van der Waals surface area contributed by atoms with E-state index in [4.69, 9.17) is 0 Å². The predicted octanol–water partition coefficient (Wildman–Crippen LogP) is 0.752. The first-order chi connectivity index (χ1) is 7.72. The maximum Gasteiger partial charge on any atom is 0.247 e. The molecule has 0 bridgehead atoms. The Morgan fingerprint density at radius 3 is 2.38 bits per heavy atom. The SMILES string of the molecule is CC[C@@H]1NC(=O)[C@@H](c2ccccc2)NC1=O. The van der Waals surface area contributed by atoms with Crippen LogP contribution in [0.2, 0.25) is 0 Å². The summed E-state index contributed by atoms with van der Waals surface area (Å²) >= 11 is 0. The molecule has 1 saturated heterocycles. The Hall–Kier alpha value is -1.84. The summed E-state index contributed by atoms with van der Waals surface area (Å²) in [5.74, 6) is -0.256. The molecule has 2 rings (SSSR count). The highest BCUT2D eigenvalue weighted by molar-refractivity contribution is 5.97. The smallest absolute Gasteiger partial charge is 0.247 e. The topological polar surface area (TPSA) is 58.2 Å². The molecule has 1 fully saturated rings. The fourth-order valence-corrected chi connectivity index (χ4v) is 1.80. The molecule has 4 nitrogen and oxygen atoms in total. The maximum atomic E-state index is 11.8. The van der Waals surface area contributed by atoms with Crippen LogP contribution in [0.5, 0.6) is 0 Å². The molecule has 0 aromatic heterocycles. The van der Waals surface area contributed by atoms with Crippen LogP contribution in [-0.4, -0.2) is 17.9 Å². The van der Waals surface area contributed by atoms with Gasteiger partial charge in [-0.1, -0.05) is 37.3 Å². The third kappa shape index (κ3) is 1.91. The number of amides is 2. The first-order valence-electron chi connectivity index (χ1n) is 5.38. The summed E-state index contributed by atoms with van der Waals surface area (Å²) in [4.78, 5) is 23.4. The van der Waals surface area contributed by atoms with Gasteiger partial charge < -0.3 is 10.6 Å². The van der Waals surface area contributed by atoms with Crippen molar-refractivity contribution in [1.82, 2.24) is 10.6 Å². The van der Waals surface area contributed by atoms with Crippen LogP contribution in [0.4, 0.5) is 0 Å². The standard InChI is InChI=1S/C12H14N2O2/c1-2-9-11(15)14-10(12(16)13-9)8-6-4-3-5-7-8/h3-7,9-10H,2H2,1H3,(H,13,16)(H,14,15)/t9-,10+/m0/s1. The molecule has 0 radical (unpaired) electrons. The summed E-state index contributed by atoms with van der Waals surface area (Å²) < 4.78 is 0. The van der Waals surface area contributed by atoms with Crippen molar-refractivity contribution >= 4 is 11.8 Å². The fourth-order valence-electron chi connectivity index (χ4n) is 1.80. The lowest BCUT2D eigenvalue weighted by Crippen LogP contribution is -2.57. The van der Waals surface area contributed by atoms with Crippen molar-refractivity contribution in [3.8, 4) is 0 Å². The van der Waals surface area contributed by atoms with E-state index in [1.807, 2.05) is 37.3 Å². The molecule has 1 heterocycles. The van der Waals surface area contributed by atoms with Crippen molar-refractivity contribution in [2.75, 3.05) is 0 Å². The maximum absolute atomic E-state index is 11.8. The number of piperazine rings is 1. The van der Waals surface area contributed by atoms with Crippen molar-refractivity contribution in [1.29, 1.82) is 0 Å². The lowest BCUT2D eigenvalue weighted by Gasteiger charge is -2.29. The lowest BCUT2D eigenvalue weighted by atomic mass is 10.0. The largest absolute Gasteiger partial charge is 0.342 e. The summed E-state index contributed by atoms with van der Waals surface area (Å²) in [5, 5.41) is 5.45. The molecule has 1 aliphatic heterocycles. The minimum Gasteiger partial charge on any atom is -0.342 e.